The lowest BCUT2D eigenvalue weighted by Gasteiger charge is -2.06. The van der Waals surface area contributed by atoms with Gasteiger partial charge < -0.3 is 0 Å². The van der Waals surface area contributed by atoms with Crippen molar-refractivity contribution < 1.29 is 0 Å². The van der Waals surface area contributed by atoms with Gasteiger partial charge in [-0.25, -0.2) is 9.97 Å². The first-order valence-corrected chi connectivity index (χ1v) is 7.01. The molecule has 0 unspecified atom stereocenters. The second-order valence-corrected chi connectivity index (χ2v) is 5.32. The highest BCUT2D eigenvalue weighted by molar-refractivity contribution is 6.42. The number of benzene rings is 1. The van der Waals surface area contributed by atoms with Crippen LogP contribution in [-0.4, -0.2) is 19.5 Å². The predicted octanol–water partition coefficient (Wildman–Crippen LogP) is 3.99. The first-order chi connectivity index (χ1) is 9.58. The molecule has 0 atom stereocenters. The molecule has 0 spiro atoms. The lowest BCUT2D eigenvalue weighted by atomic mass is 10.3. The van der Waals surface area contributed by atoms with Gasteiger partial charge in [-0.2, -0.15) is 0 Å². The fraction of sp³-hybridized carbons (Fsp3) is 0.214. The molecule has 3 aromatic rings. The Morgan fingerprint density at radius 3 is 2.50 bits per heavy atom. The first kappa shape index (κ1) is 13.3. The summed E-state index contributed by atoms with van der Waals surface area (Å²) in [6.45, 7) is 4.02. The fourth-order valence-electron chi connectivity index (χ4n) is 2.11. The maximum absolute atomic E-state index is 6.03. The summed E-state index contributed by atoms with van der Waals surface area (Å²) in [4.78, 5) is 13.4. The Hall–Kier alpha value is -1.65. The Labute approximate surface area is 126 Å². The molecule has 3 rings (SSSR count). The summed E-state index contributed by atoms with van der Waals surface area (Å²) in [5, 5.41) is 0.956. The normalized spacial score (nSPS) is 11.2. The van der Waals surface area contributed by atoms with Crippen molar-refractivity contribution in [1.82, 2.24) is 19.5 Å². The lowest BCUT2D eigenvalue weighted by Crippen LogP contribution is -2.02. The van der Waals surface area contributed by atoms with Gasteiger partial charge in [-0.3, -0.25) is 9.55 Å². The van der Waals surface area contributed by atoms with E-state index < -0.39 is 0 Å². The average molecular weight is 307 g/mol. The minimum Gasteiger partial charge on any atom is -0.286 e. The van der Waals surface area contributed by atoms with E-state index in [0.29, 0.717) is 15.6 Å². The van der Waals surface area contributed by atoms with Gasteiger partial charge in [-0.05, 0) is 19.1 Å². The quantitative estimate of drug-likeness (QED) is 0.719. The summed E-state index contributed by atoms with van der Waals surface area (Å²) in [5.41, 5.74) is 2.39. The molecule has 6 heteroatoms. The number of nitrogens with zero attached hydrogens (tertiary/aromatic N) is 4. The third-order valence-electron chi connectivity index (χ3n) is 3.03. The monoisotopic (exact) mass is 306 g/mol. The number of halogens is 2. The second kappa shape index (κ2) is 5.04. The Balaban J connectivity index is 2.19. The van der Waals surface area contributed by atoms with Crippen LogP contribution in [0, 0.1) is 6.92 Å². The summed E-state index contributed by atoms with van der Waals surface area (Å²) in [5.74, 6) is 1.68. The van der Waals surface area contributed by atoms with Crippen molar-refractivity contribution in [3.05, 3.63) is 46.1 Å². The van der Waals surface area contributed by atoms with Crippen molar-refractivity contribution in [2.75, 3.05) is 0 Å². The predicted molar refractivity (Wildman–Crippen MR) is 80.8 cm³/mol. The molecule has 102 valence electrons. The zero-order valence-electron chi connectivity index (χ0n) is 11.1. The number of fused-ring (bicyclic) bond motifs is 1. The summed E-state index contributed by atoms with van der Waals surface area (Å²) in [7, 11) is 0. The molecular formula is C14H12Cl2N4. The van der Waals surface area contributed by atoms with Gasteiger partial charge in [0.2, 0.25) is 0 Å². The molecule has 2 aromatic heterocycles. The minimum atomic E-state index is 0.475. The topological polar surface area (TPSA) is 43.6 Å². The van der Waals surface area contributed by atoms with Gasteiger partial charge in [0.25, 0.3) is 0 Å². The molecule has 4 nitrogen and oxygen atoms in total. The molecule has 0 aliphatic heterocycles. The second-order valence-electron chi connectivity index (χ2n) is 4.51. The van der Waals surface area contributed by atoms with Gasteiger partial charge in [0.05, 0.1) is 33.0 Å². The minimum absolute atomic E-state index is 0.475. The maximum atomic E-state index is 6.03. The standard InChI is InChI=1S/C14H12Cl2N4/c1-3-13-18-8(2)7-20(13)14-6-17-11-4-9(15)10(16)5-12(11)19-14/h4-7H,3H2,1-2H3. The molecule has 0 amide bonds. The van der Waals surface area contributed by atoms with Gasteiger partial charge in [0, 0.05) is 12.6 Å². The van der Waals surface area contributed by atoms with Crippen LogP contribution < -0.4 is 0 Å². The summed E-state index contributed by atoms with van der Waals surface area (Å²) in [6.07, 6.45) is 4.49. The fourth-order valence-corrected chi connectivity index (χ4v) is 2.43. The van der Waals surface area contributed by atoms with Crippen LogP contribution in [0.2, 0.25) is 10.0 Å². The van der Waals surface area contributed by atoms with Crippen molar-refractivity contribution in [2.45, 2.75) is 20.3 Å². The summed E-state index contributed by atoms with van der Waals surface area (Å²) >= 11 is 12.0. The van der Waals surface area contributed by atoms with E-state index in [1.807, 2.05) is 17.7 Å². The van der Waals surface area contributed by atoms with Crippen LogP contribution >= 0.6 is 23.2 Å². The number of rotatable bonds is 2. The Morgan fingerprint density at radius 1 is 1.10 bits per heavy atom. The molecule has 0 radical (unpaired) electrons. The third-order valence-corrected chi connectivity index (χ3v) is 3.76. The van der Waals surface area contributed by atoms with Crippen LogP contribution in [0.25, 0.3) is 16.9 Å². The highest BCUT2D eigenvalue weighted by atomic mass is 35.5. The maximum Gasteiger partial charge on any atom is 0.157 e. The van der Waals surface area contributed by atoms with Crippen LogP contribution in [0.5, 0.6) is 0 Å². The molecule has 0 aliphatic rings. The number of aryl methyl sites for hydroxylation is 2. The zero-order chi connectivity index (χ0) is 14.3. The van der Waals surface area contributed by atoms with Gasteiger partial charge in [0.1, 0.15) is 5.82 Å². The van der Waals surface area contributed by atoms with Crippen molar-refractivity contribution in [2.24, 2.45) is 0 Å². The SMILES string of the molecule is CCc1nc(C)cn1-c1cnc2cc(Cl)c(Cl)cc2n1. The van der Waals surface area contributed by atoms with E-state index in [2.05, 4.69) is 21.9 Å². The van der Waals surface area contributed by atoms with Crippen LogP contribution in [-0.2, 0) is 6.42 Å². The van der Waals surface area contributed by atoms with Crippen molar-refractivity contribution >= 4 is 34.2 Å². The van der Waals surface area contributed by atoms with Gasteiger partial charge in [-0.1, -0.05) is 30.1 Å². The van der Waals surface area contributed by atoms with E-state index >= 15 is 0 Å². The smallest absolute Gasteiger partial charge is 0.157 e. The van der Waals surface area contributed by atoms with Crippen LogP contribution in [0.15, 0.2) is 24.5 Å². The van der Waals surface area contributed by atoms with Gasteiger partial charge in [-0.15, -0.1) is 0 Å². The van der Waals surface area contributed by atoms with Crippen molar-refractivity contribution in [3.63, 3.8) is 0 Å². The third kappa shape index (κ3) is 2.25. The highest BCUT2D eigenvalue weighted by Crippen LogP contribution is 2.26. The molecular weight excluding hydrogens is 295 g/mol. The van der Waals surface area contributed by atoms with E-state index in [4.69, 9.17) is 23.2 Å². The zero-order valence-corrected chi connectivity index (χ0v) is 12.6. The van der Waals surface area contributed by atoms with E-state index in [1.165, 1.54) is 0 Å². The number of aromatic nitrogens is 4. The van der Waals surface area contributed by atoms with Gasteiger partial charge in [0.15, 0.2) is 5.82 Å². The highest BCUT2D eigenvalue weighted by Gasteiger charge is 2.09. The molecule has 0 bridgehead atoms. The van der Waals surface area contributed by atoms with Crippen LogP contribution in [0.1, 0.15) is 18.4 Å². The summed E-state index contributed by atoms with van der Waals surface area (Å²) < 4.78 is 1.95. The average Bonchev–Trinajstić information content (AvgIpc) is 2.81. The molecule has 0 N–H and O–H groups in total. The molecule has 0 aliphatic carbocycles. The molecule has 0 saturated heterocycles. The molecule has 0 fully saturated rings. The molecule has 0 saturated carbocycles. The number of hydrogen-bond donors (Lipinski definition) is 0. The van der Waals surface area contributed by atoms with Crippen LogP contribution in [0.4, 0.5) is 0 Å². The van der Waals surface area contributed by atoms with E-state index in [-0.39, 0.29) is 0 Å². The number of hydrogen-bond acceptors (Lipinski definition) is 3. The largest absolute Gasteiger partial charge is 0.286 e. The summed E-state index contributed by atoms with van der Waals surface area (Å²) in [6, 6.07) is 3.45. The van der Waals surface area contributed by atoms with E-state index in [0.717, 1.165) is 29.3 Å². The Kier molecular flexibility index (Phi) is 3.36. The first-order valence-electron chi connectivity index (χ1n) is 6.25. The molecule has 20 heavy (non-hydrogen) atoms. The Morgan fingerprint density at radius 2 is 1.80 bits per heavy atom. The molecule has 2 heterocycles. The van der Waals surface area contributed by atoms with Gasteiger partial charge >= 0.3 is 0 Å². The Bertz CT molecular complexity index is 795. The lowest BCUT2D eigenvalue weighted by molar-refractivity contribution is 0.866. The number of imidazole rings is 1. The van der Waals surface area contributed by atoms with Crippen molar-refractivity contribution in [1.29, 1.82) is 0 Å². The van der Waals surface area contributed by atoms with Crippen LogP contribution in [0.3, 0.4) is 0 Å². The van der Waals surface area contributed by atoms with Crippen molar-refractivity contribution in [3.8, 4) is 5.82 Å². The van der Waals surface area contributed by atoms with E-state index in [9.17, 15) is 0 Å². The van der Waals surface area contributed by atoms with E-state index in [1.54, 1.807) is 18.3 Å². The molecule has 1 aromatic carbocycles.